The molecule has 0 spiro atoms. The minimum Gasteiger partial charge on any atom is -0.444 e. The van der Waals surface area contributed by atoms with E-state index in [1.54, 1.807) is 6.07 Å². The van der Waals surface area contributed by atoms with Crippen molar-refractivity contribution in [3.8, 4) is 0 Å². The first-order valence-electron chi connectivity index (χ1n) is 8.81. The highest BCUT2D eigenvalue weighted by molar-refractivity contribution is 9.10. The van der Waals surface area contributed by atoms with Crippen molar-refractivity contribution in [2.75, 3.05) is 29.9 Å². The zero-order valence-electron chi connectivity index (χ0n) is 15.0. The van der Waals surface area contributed by atoms with E-state index in [1.165, 1.54) is 6.07 Å². The third-order valence-corrected chi connectivity index (χ3v) is 5.54. The molecule has 2 amide bonds. The van der Waals surface area contributed by atoms with E-state index in [4.69, 9.17) is 10.2 Å². The Morgan fingerprint density at radius 2 is 2.00 bits per heavy atom. The highest BCUT2D eigenvalue weighted by Gasteiger charge is 2.19. The lowest BCUT2D eigenvalue weighted by Gasteiger charge is -2.19. The third-order valence-electron chi connectivity index (χ3n) is 4.25. The van der Waals surface area contributed by atoms with Crippen LogP contribution in [0.5, 0.6) is 0 Å². The number of rotatable bonds is 5. The molecular formula is C17H20BrN5O4S. The molecule has 2 aromatic heterocycles. The second-order valence-corrected chi connectivity index (χ2v) is 8.02. The van der Waals surface area contributed by atoms with Crippen molar-refractivity contribution in [1.29, 1.82) is 0 Å². The van der Waals surface area contributed by atoms with Crippen LogP contribution in [-0.2, 0) is 4.79 Å². The monoisotopic (exact) mass is 469 g/mol. The molecule has 1 aliphatic heterocycles. The van der Waals surface area contributed by atoms with Crippen LogP contribution in [0.1, 0.15) is 36.2 Å². The quantitative estimate of drug-likeness (QED) is 0.451. The number of thioether (sulfide) groups is 1. The van der Waals surface area contributed by atoms with Crippen molar-refractivity contribution >= 4 is 51.0 Å². The minimum atomic E-state index is -0.624. The second kappa shape index (κ2) is 9.28. The molecule has 1 fully saturated rings. The van der Waals surface area contributed by atoms with Gasteiger partial charge in [-0.05, 0) is 40.9 Å². The number of nitrogens with two attached hydrogens (primary N) is 1. The average Bonchev–Trinajstić information content (AvgIpc) is 2.92. The van der Waals surface area contributed by atoms with Gasteiger partial charge in [0.15, 0.2) is 27.1 Å². The lowest BCUT2D eigenvalue weighted by Crippen LogP contribution is -2.33. The van der Waals surface area contributed by atoms with E-state index in [-0.39, 0.29) is 34.1 Å². The largest absolute Gasteiger partial charge is 0.444 e. The van der Waals surface area contributed by atoms with E-state index in [0.717, 1.165) is 50.5 Å². The number of furan rings is 1. The first-order valence-corrected chi connectivity index (χ1v) is 10.6. The van der Waals surface area contributed by atoms with Crippen LogP contribution in [0.4, 0.5) is 11.5 Å². The Balaban J connectivity index is 1.63. The number of aromatic nitrogens is 2. The van der Waals surface area contributed by atoms with Crippen LogP contribution in [0, 0.1) is 0 Å². The number of H-pyrrole nitrogens is 1. The Morgan fingerprint density at radius 1 is 1.29 bits per heavy atom. The zero-order chi connectivity index (χ0) is 20.1. The maximum atomic E-state index is 12.3. The van der Waals surface area contributed by atoms with Crippen LogP contribution >= 0.6 is 27.7 Å². The van der Waals surface area contributed by atoms with Gasteiger partial charge in [0.25, 0.3) is 11.5 Å². The summed E-state index contributed by atoms with van der Waals surface area (Å²) in [6.45, 7) is 1.53. The lowest BCUT2D eigenvalue weighted by atomic mass is 10.2. The van der Waals surface area contributed by atoms with Crippen LogP contribution in [0.25, 0.3) is 0 Å². The molecule has 0 aromatic carbocycles. The number of carbonyl (C=O) groups excluding carboxylic acids is 2. The predicted molar refractivity (Wildman–Crippen MR) is 109 cm³/mol. The van der Waals surface area contributed by atoms with Crippen molar-refractivity contribution in [2.24, 2.45) is 0 Å². The maximum Gasteiger partial charge on any atom is 0.291 e. The van der Waals surface area contributed by atoms with Gasteiger partial charge in [-0.1, -0.05) is 24.6 Å². The number of carbonyl (C=O) groups is 2. The zero-order valence-corrected chi connectivity index (χ0v) is 17.4. The SMILES string of the molecule is Nc1nc(SCC(=O)N2CCCCCC2)[nH]c(=O)c1NC(=O)c1ccc(Br)o1. The van der Waals surface area contributed by atoms with Crippen molar-refractivity contribution in [1.82, 2.24) is 14.9 Å². The molecule has 0 radical (unpaired) electrons. The van der Waals surface area contributed by atoms with Gasteiger partial charge in [-0.2, -0.15) is 0 Å². The van der Waals surface area contributed by atoms with Gasteiger partial charge in [-0.3, -0.25) is 19.4 Å². The molecule has 4 N–H and O–H groups in total. The summed E-state index contributed by atoms with van der Waals surface area (Å²) >= 11 is 4.21. The summed E-state index contributed by atoms with van der Waals surface area (Å²) < 4.78 is 5.52. The van der Waals surface area contributed by atoms with E-state index in [2.05, 4.69) is 31.2 Å². The van der Waals surface area contributed by atoms with E-state index < -0.39 is 11.5 Å². The number of nitrogen functional groups attached to an aromatic ring is 1. The molecular weight excluding hydrogens is 450 g/mol. The fourth-order valence-corrected chi connectivity index (χ4v) is 3.89. The Labute approximate surface area is 173 Å². The molecule has 1 saturated heterocycles. The summed E-state index contributed by atoms with van der Waals surface area (Å²) in [5.74, 6) is -0.566. The van der Waals surface area contributed by atoms with Gasteiger partial charge < -0.3 is 20.4 Å². The summed E-state index contributed by atoms with van der Waals surface area (Å²) in [5, 5.41) is 2.62. The Morgan fingerprint density at radius 3 is 2.61 bits per heavy atom. The number of anilines is 2. The van der Waals surface area contributed by atoms with E-state index in [9.17, 15) is 14.4 Å². The van der Waals surface area contributed by atoms with Crippen LogP contribution in [-0.4, -0.2) is 45.5 Å². The number of hydrogen-bond acceptors (Lipinski definition) is 7. The Bertz CT molecular complexity index is 921. The number of nitrogens with one attached hydrogen (secondary N) is 2. The maximum absolute atomic E-state index is 12.3. The predicted octanol–water partition coefficient (Wildman–Crippen LogP) is 2.45. The van der Waals surface area contributed by atoms with Gasteiger partial charge in [0.2, 0.25) is 5.91 Å². The minimum absolute atomic E-state index is 0.00824. The normalized spacial score (nSPS) is 14.5. The summed E-state index contributed by atoms with van der Waals surface area (Å²) in [7, 11) is 0. The van der Waals surface area contributed by atoms with Gasteiger partial charge in [0.1, 0.15) is 0 Å². The standard InChI is InChI=1S/C17H20BrN5O4S/c18-11-6-5-10(27-11)15(25)20-13-14(19)21-17(22-16(13)26)28-9-12(24)23-7-3-1-2-4-8-23/h5-6H,1-4,7-9H2,(H,20,25)(H3,19,21,22,26). The molecule has 3 heterocycles. The molecule has 3 rings (SSSR count). The van der Waals surface area contributed by atoms with Gasteiger partial charge >= 0.3 is 0 Å². The van der Waals surface area contributed by atoms with Crippen LogP contribution in [0.2, 0.25) is 0 Å². The molecule has 150 valence electrons. The number of halogens is 1. The number of nitrogens with zero attached hydrogens (tertiary/aromatic N) is 2. The van der Waals surface area contributed by atoms with E-state index in [0.29, 0.717) is 4.67 Å². The second-order valence-electron chi connectivity index (χ2n) is 6.27. The lowest BCUT2D eigenvalue weighted by molar-refractivity contribution is -0.128. The van der Waals surface area contributed by atoms with Crippen LogP contribution < -0.4 is 16.6 Å². The summed E-state index contributed by atoms with van der Waals surface area (Å²) in [6.07, 6.45) is 4.31. The molecule has 0 aliphatic carbocycles. The molecule has 9 nitrogen and oxygen atoms in total. The first-order chi connectivity index (χ1) is 13.4. The number of aromatic amines is 1. The molecule has 2 aromatic rings. The molecule has 0 atom stereocenters. The van der Waals surface area contributed by atoms with Crippen molar-refractivity contribution in [2.45, 2.75) is 30.8 Å². The molecule has 28 heavy (non-hydrogen) atoms. The van der Waals surface area contributed by atoms with Crippen molar-refractivity contribution in [3.63, 3.8) is 0 Å². The molecule has 1 aliphatic rings. The van der Waals surface area contributed by atoms with Gasteiger partial charge in [0, 0.05) is 13.1 Å². The Hall–Kier alpha value is -2.27. The topological polar surface area (TPSA) is 134 Å². The smallest absolute Gasteiger partial charge is 0.291 e. The Kier molecular flexibility index (Phi) is 6.79. The fraction of sp³-hybridized carbons (Fsp3) is 0.412. The van der Waals surface area contributed by atoms with Crippen LogP contribution in [0.3, 0.4) is 0 Å². The average molecular weight is 470 g/mol. The number of hydrogen-bond donors (Lipinski definition) is 3. The van der Waals surface area contributed by atoms with Gasteiger partial charge in [-0.25, -0.2) is 4.98 Å². The van der Waals surface area contributed by atoms with E-state index in [1.807, 2.05) is 4.90 Å². The van der Waals surface area contributed by atoms with Crippen LogP contribution in [0.15, 0.2) is 31.2 Å². The molecule has 0 saturated carbocycles. The molecule has 11 heteroatoms. The number of amides is 2. The summed E-state index contributed by atoms with van der Waals surface area (Å²) in [6, 6.07) is 3.01. The number of likely N-dealkylation sites (tertiary alicyclic amines) is 1. The fourth-order valence-electron chi connectivity index (χ4n) is 2.81. The molecule has 0 bridgehead atoms. The first kappa shape index (κ1) is 20.5. The van der Waals surface area contributed by atoms with Gasteiger partial charge in [-0.15, -0.1) is 0 Å². The highest BCUT2D eigenvalue weighted by Crippen LogP contribution is 2.20. The highest BCUT2D eigenvalue weighted by atomic mass is 79.9. The summed E-state index contributed by atoms with van der Waals surface area (Å²) in [4.78, 5) is 45.2. The summed E-state index contributed by atoms with van der Waals surface area (Å²) in [5.41, 5.74) is 5.06. The van der Waals surface area contributed by atoms with Crippen molar-refractivity contribution in [3.05, 3.63) is 32.9 Å². The van der Waals surface area contributed by atoms with Crippen molar-refractivity contribution < 1.29 is 14.0 Å². The van der Waals surface area contributed by atoms with Gasteiger partial charge in [0.05, 0.1) is 5.75 Å². The third kappa shape index (κ3) is 5.16. The van der Waals surface area contributed by atoms with E-state index >= 15 is 0 Å². The molecule has 0 unspecified atom stereocenters.